The lowest BCUT2D eigenvalue weighted by molar-refractivity contribution is -0.140. The normalized spacial score (nSPS) is 30.4. The van der Waals surface area contributed by atoms with Gasteiger partial charge >= 0.3 is 5.97 Å². The smallest absolute Gasteiger partial charge is 0.324 e. The Hall–Kier alpha value is -0.570. The van der Waals surface area contributed by atoms with Gasteiger partial charge in [-0.2, -0.15) is 0 Å². The molecule has 0 radical (unpaired) electrons. The van der Waals surface area contributed by atoms with Crippen LogP contribution in [-0.2, 0) is 9.53 Å². The van der Waals surface area contributed by atoms with E-state index in [1.54, 1.807) is 0 Å². The van der Waals surface area contributed by atoms with Crippen LogP contribution in [0, 0.1) is 5.92 Å². The molecule has 0 amide bonds. The third-order valence-electron chi connectivity index (χ3n) is 1.80. The van der Waals surface area contributed by atoms with Crippen LogP contribution in [0.15, 0.2) is 0 Å². The highest BCUT2D eigenvalue weighted by molar-refractivity contribution is 5.80. The maximum absolute atomic E-state index is 10.8. The Kier molecular flexibility index (Phi) is 1.94. The van der Waals surface area contributed by atoms with E-state index in [9.17, 15) is 4.79 Å². The number of nitrogens with one attached hydrogen (secondary N) is 1. The van der Waals surface area contributed by atoms with Crippen LogP contribution in [0.1, 0.15) is 13.8 Å². The fraction of sp³-hybridized carbons (Fsp3) is 0.857. The van der Waals surface area contributed by atoms with Crippen molar-refractivity contribution in [2.75, 3.05) is 7.11 Å². The first-order valence-electron chi connectivity index (χ1n) is 3.50. The largest absolute Gasteiger partial charge is 0.468 e. The highest BCUT2D eigenvalue weighted by Crippen LogP contribution is 2.20. The van der Waals surface area contributed by atoms with Crippen LogP contribution in [0.4, 0.5) is 0 Å². The van der Waals surface area contributed by atoms with E-state index in [2.05, 4.69) is 23.9 Å². The number of hydrogen-bond acceptors (Lipinski definition) is 3. The van der Waals surface area contributed by atoms with Gasteiger partial charge < -0.3 is 4.74 Å². The van der Waals surface area contributed by atoms with Gasteiger partial charge in [-0.05, 0) is 5.92 Å². The standard InChI is InChI=1S/C7H13NO2/c1-4(2)5-6(8-5)7(9)10-3/h4-6,8H,1-3H3/t5-,6-/m0/s1. The van der Waals surface area contributed by atoms with E-state index in [0.717, 1.165) is 0 Å². The fourth-order valence-corrected chi connectivity index (χ4v) is 1.07. The van der Waals surface area contributed by atoms with Crippen LogP contribution in [-0.4, -0.2) is 25.2 Å². The number of rotatable bonds is 2. The third kappa shape index (κ3) is 1.29. The number of carbonyl (C=O) groups is 1. The molecule has 0 aromatic rings. The average Bonchev–Trinajstić information content (AvgIpc) is 2.64. The van der Waals surface area contributed by atoms with Crippen LogP contribution in [0.3, 0.4) is 0 Å². The number of carbonyl (C=O) groups excluding carboxylic acids is 1. The van der Waals surface area contributed by atoms with Gasteiger partial charge in [-0.15, -0.1) is 0 Å². The lowest BCUT2D eigenvalue weighted by atomic mass is 10.1. The Morgan fingerprint density at radius 2 is 2.20 bits per heavy atom. The van der Waals surface area contributed by atoms with Gasteiger partial charge in [-0.25, -0.2) is 0 Å². The van der Waals surface area contributed by atoms with Crippen LogP contribution >= 0.6 is 0 Å². The Morgan fingerprint density at radius 1 is 1.60 bits per heavy atom. The van der Waals surface area contributed by atoms with Crippen molar-refractivity contribution in [3.05, 3.63) is 0 Å². The molecule has 1 saturated heterocycles. The molecule has 1 heterocycles. The molecule has 1 rings (SSSR count). The summed E-state index contributed by atoms with van der Waals surface area (Å²) in [5.74, 6) is 0.378. The first-order valence-corrected chi connectivity index (χ1v) is 3.50. The third-order valence-corrected chi connectivity index (χ3v) is 1.80. The summed E-state index contributed by atoms with van der Waals surface area (Å²) in [5.41, 5.74) is 0. The van der Waals surface area contributed by atoms with Crippen LogP contribution < -0.4 is 5.32 Å². The van der Waals surface area contributed by atoms with Gasteiger partial charge in [0.15, 0.2) is 0 Å². The van der Waals surface area contributed by atoms with Gasteiger partial charge in [-0.3, -0.25) is 10.1 Å². The van der Waals surface area contributed by atoms with Crippen molar-refractivity contribution >= 4 is 5.97 Å². The van der Waals surface area contributed by atoms with Crippen molar-refractivity contribution in [2.45, 2.75) is 25.9 Å². The lowest BCUT2D eigenvalue weighted by Gasteiger charge is -1.97. The molecular formula is C7H13NO2. The quantitative estimate of drug-likeness (QED) is 0.442. The van der Waals surface area contributed by atoms with Crippen molar-refractivity contribution in [2.24, 2.45) is 5.92 Å². The summed E-state index contributed by atoms with van der Waals surface area (Å²) in [7, 11) is 1.42. The zero-order valence-electron chi connectivity index (χ0n) is 6.55. The maximum Gasteiger partial charge on any atom is 0.324 e. The predicted molar refractivity (Wildman–Crippen MR) is 37.6 cm³/mol. The van der Waals surface area contributed by atoms with Crippen LogP contribution in [0.25, 0.3) is 0 Å². The van der Waals surface area contributed by atoms with Gasteiger partial charge in [0.2, 0.25) is 0 Å². The SMILES string of the molecule is COC(=O)[C@H]1N[C@H]1C(C)C. The molecule has 0 aromatic carbocycles. The van der Waals surface area contributed by atoms with Crippen LogP contribution in [0.5, 0.6) is 0 Å². The van der Waals surface area contributed by atoms with Gasteiger partial charge in [0.25, 0.3) is 0 Å². The second kappa shape index (κ2) is 2.58. The van der Waals surface area contributed by atoms with E-state index >= 15 is 0 Å². The predicted octanol–water partition coefficient (Wildman–Crippen LogP) is 0.156. The topological polar surface area (TPSA) is 48.2 Å². The summed E-state index contributed by atoms with van der Waals surface area (Å²) in [6.45, 7) is 4.17. The Morgan fingerprint density at radius 3 is 2.50 bits per heavy atom. The number of esters is 1. The van der Waals surface area contributed by atoms with Gasteiger partial charge in [0.1, 0.15) is 6.04 Å². The molecule has 58 valence electrons. The Balaban J connectivity index is 2.31. The van der Waals surface area contributed by atoms with E-state index in [0.29, 0.717) is 12.0 Å². The first kappa shape index (κ1) is 7.54. The molecule has 2 atom stereocenters. The zero-order chi connectivity index (χ0) is 7.72. The Labute approximate surface area is 60.7 Å². The highest BCUT2D eigenvalue weighted by atomic mass is 16.5. The van der Waals surface area contributed by atoms with Crippen LogP contribution in [0.2, 0.25) is 0 Å². The molecule has 1 fully saturated rings. The minimum atomic E-state index is -0.140. The molecule has 0 spiro atoms. The summed E-state index contributed by atoms with van der Waals surface area (Å²) in [5, 5.41) is 3.04. The number of ether oxygens (including phenoxy) is 1. The molecule has 0 unspecified atom stereocenters. The summed E-state index contributed by atoms with van der Waals surface area (Å²) in [6, 6.07) is 0.303. The van der Waals surface area contributed by atoms with Crippen molar-refractivity contribution in [3.63, 3.8) is 0 Å². The molecule has 10 heavy (non-hydrogen) atoms. The minimum Gasteiger partial charge on any atom is -0.468 e. The van der Waals surface area contributed by atoms with Crippen molar-refractivity contribution < 1.29 is 9.53 Å². The molecule has 3 nitrogen and oxygen atoms in total. The first-order chi connectivity index (χ1) is 4.66. The average molecular weight is 143 g/mol. The van der Waals surface area contributed by atoms with Crippen molar-refractivity contribution in [1.82, 2.24) is 5.32 Å². The maximum atomic E-state index is 10.8. The van der Waals surface area contributed by atoms with E-state index in [1.165, 1.54) is 7.11 Å². The minimum absolute atomic E-state index is 0.0370. The molecule has 3 heteroatoms. The molecule has 0 aromatic heterocycles. The van der Waals surface area contributed by atoms with Gasteiger partial charge in [0, 0.05) is 6.04 Å². The molecule has 0 aliphatic carbocycles. The summed E-state index contributed by atoms with van der Waals surface area (Å²) in [4.78, 5) is 10.8. The van der Waals surface area contributed by atoms with Crippen molar-refractivity contribution in [1.29, 1.82) is 0 Å². The fourth-order valence-electron chi connectivity index (χ4n) is 1.07. The molecule has 1 aliphatic heterocycles. The molecule has 1 N–H and O–H groups in total. The molecule has 0 bridgehead atoms. The summed E-state index contributed by atoms with van der Waals surface area (Å²) >= 11 is 0. The van der Waals surface area contributed by atoms with E-state index in [4.69, 9.17) is 0 Å². The van der Waals surface area contributed by atoms with E-state index in [1.807, 2.05) is 0 Å². The highest BCUT2D eigenvalue weighted by Gasteiger charge is 2.44. The molecule has 1 aliphatic rings. The molecular weight excluding hydrogens is 130 g/mol. The number of methoxy groups -OCH3 is 1. The zero-order valence-corrected chi connectivity index (χ0v) is 6.55. The van der Waals surface area contributed by atoms with E-state index < -0.39 is 0 Å². The van der Waals surface area contributed by atoms with E-state index in [-0.39, 0.29) is 12.0 Å². The van der Waals surface area contributed by atoms with Gasteiger partial charge in [-0.1, -0.05) is 13.8 Å². The second-order valence-corrected chi connectivity index (χ2v) is 2.94. The second-order valence-electron chi connectivity index (χ2n) is 2.94. The number of hydrogen-bond donors (Lipinski definition) is 1. The van der Waals surface area contributed by atoms with Crippen molar-refractivity contribution in [3.8, 4) is 0 Å². The monoisotopic (exact) mass is 143 g/mol. The Bertz CT molecular complexity index is 145. The lowest BCUT2D eigenvalue weighted by Crippen LogP contribution is -2.14. The summed E-state index contributed by atoms with van der Waals surface area (Å²) in [6.07, 6.45) is 0. The molecule has 0 saturated carbocycles. The summed E-state index contributed by atoms with van der Waals surface area (Å²) < 4.78 is 4.55. The van der Waals surface area contributed by atoms with Gasteiger partial charge in [0.05, 0.1) is 7.11 Å².